The highest BCUT2D eigenvalue weighted by atomic mass is 79.9. The van der Waals surface area contributed by atoms with Gasteiger partial charge in [-0.25, -0.2) is 4.79 Å². The van der Waals surface area contributed by atoms with Gasteiger partial charge in [-0.1, -0.05) is 29.3 Å². The molecule has 0 heterocycles. The molecule has 2 aromatic rings. The molecule has 1 amide bonds. The number of carboxylic acid groups (broad SMARTS) is 1. The van der Waals surface area contributed by atoms with Gasteiger partial charge in [0.2, 0.25) is 0 Å². The quantitative estimate of drug-likeness (QED) is 0.800. The van der Waals surface area contributed by atoms with E-state index in [1.54, 1.807) is 18.2 Å². The first-order chi connectivity index (χ1) is 9.90. The SMILES string of the molecule is O=C(O)c1ccc(NC(=O)c2cccc(Br)c2Cl)c(Cl)c1. The van der Waals surface area contributed by atoms with Crippen molar-refractivity contribution < 1.29 is 14.7 Å². The third-order valence-corrected chi connectivity index (χ3v) is 4.27. The minimum absolute atomic E-state index is 0.0403. The van der Waals surface area contributed by atoms with Crippen molar-refractivity contribution in [1.82, 2.24) is 0 Å². The molecule has 0 fully saturated rings. The average molecular weight is 389 g/mol. The van der Waals surface area contributed by atoms with Gasteiger partial charge >= 0.3 is 5.97 Å². The summed E-state index contributed by atoms with van der Waals surface area (Å²) in [6, 6.07) is 9.01. The predicted octanol–water partition coefficient (Wildman–Crippen LogP) is 4.71. The number of aromatic carboxylic acids is 1. The summed E-state index contributed by atoms with van der Waals surface area (Å²) in [5.41, 5.74) is 0.630. The molecule has 2 rings (SSSR count). The fourth-order valence-electron chi connectivity index (χ4n) is 1.62. The Morgan fingerprint density at radius 3 is 2.48 bits per heavy atom. The van der Waals surface area contributed by atoms with Crippen LogP contribution < -0.4 is 5.32 Å². The zero-order valence-corrected chi connectivity index (χ0v) is 13.5. The Labute approximate surface area is 138 Å². The van der Waals surface area contributed by atoms with Gasteiger partial charge in [0.15, 0.2) is 0 Å². The summed E-state index contributed by atoms with van der Waals surface area (Å²) in [7, 11) is 0. The molecule has 0 bridgehead atoms. The Morgan fingerprint density at radius 1 is 1.14 bits per heavy atom. The van der Waals surface area contributed by atoms with Gasteiger partial charge in [0, 0.05) is 4.47 Å². The Balaban J connectivity index is 2.28. The molecule has 0 aliphatic carbocycles. The minimum Gasteiger partial charge on any atom is -0.478 e. The van der Waals surface area contributed by atoms with Crippen molar-refractivity contribution in [3.8, 4) is 0 Å². The van der Waals surface area contributed by atoms with Gasteiger partial charge in [0.05, 0.1) is 26.9 Å². The zero-order valence-electron chi connectivity index (χ0n) is 10.4. The van der Waals surface area contributed by atoms with Crippen molar-refractivity contribution in [2.24, 2.45) is 0 Å². The van der Waals surface area contributed by atoms with Crippen molar-refractivity contribution in [2.75, 3.05) is 5.32 Å². The van der Waals surface area contributed by atoms with E-state index in [1.807, 2.05) is 0 Å². The second-order valence-corrected chi connectivity index (χ2v) is 5.69. The fraction of sp³-hybridized carbons (Fsp3) is 0. The van der Waals surface area contributed by atoms with E-state index in [-0.39, 0.29) is 21.2 Å². The van der Waals surface area contributed by atoms with Crippen LogP contribution in [0.2, 0.25) is 10.0 Å². The average Bonchev–Trinajstić information content (AvgIpc) is 2.43. The molecule has 0 unspecified atom stereocenters. The van der Waals surface area contributed by atoms with E-state index in [4.69, 9.17) is 28.3 Å². The molecule has 0 aliphatic heterocycles. The van der Waals surface area contributed by atoms with Crippen LogP contribution in [0.1, 0.15) is 20.7 Å². The molecular weight excluding hydrogens is 381 g/mol. The van der Waals surface area contributed by atoms with Crippen LogP contribution in [0, 0.1) is 0 Å². The normalized spacial score (nSPS) is 10.2. The van der Waals surface area contributed by atoms with E-state index < -0.39 is 11.9 Å². The molecule has 0 saturated heterocycles. The van der Waals surface area contributed by atoms with Crippen molar-refractivity contribution >= 4 is 56.7 Å². The molecule has 4 nitrogen and oxygen atoms in total. The highest BCUT2D eigenvalue weighted by molar-refractivity contribution is 9.10. The number of hydrogen-bond donors (Lipinski definition) is 2. The maximum Gasteiger partial charge on any atom is 0.335 e. The summed E-state index contributed by atoms with van der Waals surface area (Å²) in [6.45, 7) is 0. The van der Waals surface area contributed by atoms with E-state index in [0.717, 1.165) is 0 Å². The number of carbonyl (C=O) groups is 2. The van der Waals surface area contributed by atoms with Crippen LogP contribution >= 0.6 is 39.1 Å². The number of carboxylic acids is 1. The molecule has 0 atom stereocenters. The Bertz CT molecular complexity index is 734. The third kappa shape index (κ3) is 3.56. The molecule has 0 aromatic heterocycles. The number of halogens is 3. The maximum atomic E-state index is 12.2. The maximum absolute atomic E-state index is 12.2. The highest BCUT2D eigenvalue weighted by Gasteiger charge is 2.14. The predicted molar refractivity (Wildman–Crippen MR) is 85.5 cm³/mol. The van der Waals surface area contributed by atoms with Crippen molar-refractivity contribution in [2.45, 2.75) is 0 Å². The van der Waals surface area contributed by atoms with E-state index in [9.17, 15) is 9.59 Å². The number of anilines is 1. The molecular formula is C14H8BrCl2NO3. The van der Waals surface area contributed by atoms with Gasteiger partial charge < -0.3 is 10.4 Å². The number of nitrogens with one attached hydrogen (secondary N) is 1. The first kappa shape index (κ1) is 15.8. The van der Waals surface area contributed by atoms with Crippen LogP contribution in [-0.2, 0) is 0 Å². The third-order valence-electron chi connectivity index (χ3n) is 2.66. The zero-order chi connectivity index (χ0) is 15.6. The summed E-state index contributed by atoms with van der Waals surface area (Å²) in [5.74, 6) is -1.53. The van der Waals surface area contributed by atoms with Crippen LogP contribution in [0.4, 0.5) is 5.69 Å². The monoisotopic (exact) mass is 387 g/mol. The number of rotatable bonds is 3. The lowest BCUT2D eigenvalue weighted by Crippen LogP contribution is -2.13. The molecule has 7 heteroatoms. The van der Waals surface area contributed by atoms with Gasteiger partial charge in [0.25, 0.3) is 5.91 Å². The number of amides is 1. The van der Waals surface area contributed by atoms with E-state index in [0.29, 0.717) is 10.2 Å². The number of carbonyl (C=O) groups excluding carboxylic acids is 1. The van der Waals surface area contributed by atoms with Gasteiger partial charge in [-0.2, -0.15) is 0 Å². The molecule has 2 aromatic carbocycles. The van der Waals surface area contributed by atoms with Crippen LogP contribution in [-0.4, -0.2) is 17.0 Å². The Hall–Kier alpha value is -1.56. The van der Waals surface area contributed by atoms with Crippen molar-refractivity contribution in [3.63, 3.8) is 0 Å². The summed E-state index contributed by atoms with van der Waals surface area (Å²) >= 11 is 15.2. The van der Waals surface area contributed by atoms with E-state index in [2.05, 4.69) is 21.2 Å². The van der Waals surface area contributed by atoms with Crippen LogP contribution in [0.15, 0.2) is 40.9 Å². The summed E-state index contributed by atoms with van der Waals surface area (Å²) in [4.78, 5) is 23.0. The minimum atomic E-state index is -1.09. The summed E-state index contributed by atoms with van der Waals surface area (Å²) < 4.78 is 0.601. The lowest BCUT2D eigenvalue weighted by atomic mass is 10.2. The molecule has 2 N–H and O–H groups in total. The van der Waals surface area contributed by atoms with E-state index in [1.165, 1.54) is 18.2 Å². The van der Waals surface area contributed by atoms with Crippen molar-refractivity contribution in [1.29, 1.82) is 0 Å². The van der Waals surface area contributed by atoms with Gasteiger partial charge in [0.1, 0.15) is 0 Å². The largest absolute Gasteiger partial charge is 0.478 e. The van der Waals surface area contributed by atoms with Crippen LogP contribution in [0.3, 0.4) is 0 Å². The van der Waals surface area contributed by atoms with Gasteiger partial charge in [-0.3, -0.25) is 4.79 Å². The van der Waals surface area contributed by atoms with Gasteiger partial charge in [-0.15, -0.1) is 0 Å². The molecule has 0 radical (unpaired) electrons. The summed E-state index contributed by atoms with van der Waals surface area (Å²) in [5, 5.41) is 11.9. The van der Waals surface area contributed by atoms with E-state index >= 15 is 0 Å². The highest BCUT2D eigenvalue weighted by Crippen LogP contribution is 2.28. The smallest absolute Gasteiger partial charge is 0.335 e. The topological polar surface area (TPSA) is 66.4 Å². The second kappa shape index (κ2) is 6.47. The second-order valence-electron chi connectivity index (χ2n) is 4.06. The van der Waals surface area contributed by atoms with Crippen molar-refractivity contribution in [3.05, 3.63) is 62.0 Å². The first-order valence-corrected chi connectivity index (χ1v) is 7.23. The first-order valence-electron chi connectivity index (χ1n) is 5.68. The van der Waals surface area contributed by atoms with Crippen LogP contribution in [0.25, 0.3) is 0 Å². The molecule has 0 spiro atoms. The molecule has 0 aliphatic rings. The molecule has 0 saturated carbocycles. The standard InChI is InChI=1S/C14H8BrCl2NO3/c15-9-3-1-2-8(12(9)17)13(19)18-11-5-4-7(14(20)21)6-10(11)16/h1-6H,(H,18,19)(H,20,21). The number of benzene rings is 2. The fourth-order valence-corrected chi connectivity index (χ4v) is 2.42. The Morgan fingerprint density at radius 2 is 1.86 bits per heavy atom. The van der Waals surface area contributed by atoms with Crippen LogP contribution in [0.5, 0.6) is 0 Å². The Kier molecular flexibility index (Phi) is 4.88. The molecule has 21 heavy (non-hydrogen) atoms. The van der Waals surface area contributed by atoms with Gasteiger partial charge in [-0.05, 0) is 46.3 Å². The number of hydrogen-bond acceptors (Lipinski definition) is 2. The summed E-state index contributed by atoms with van der Waals surface area (Å²) in [6.07, 6.45) is 0. The lowest BCUT2D eigenvalue weighted by molar-refractivity contribution is 0.0696. The molecule has 108 valence electrons. The lowest BCUT2D eigenvalue weighted by Gasteiger charge is -2.09.